The number of anilines is 2. The molecule has 0 radical (unpaired) electrons. The van der Waals surface area contributed by atoms with Gasteiger partial charge in [-0.25, -0.2) is 14.2 Å². The summed E-state index contributed by atoms with van der Waals surface area (Å²) in [4.78, 5) is 14.8. The van der Waals surface area contributed by atoms with Crippen LogP contribution in [0.15, 0.2) is 34.9 Å². The fraction of sp³-hybridized carbons (Fsp3) is 0. The molecule has 7 heteroatoms. The van der Waals surface area contributed by atoms with E-state index in [-0.39, 0.29) is 22.1 Å². The van der Waals surface area contributed by atoms with E-state index in [9.17, 15) is 9.18 Å². The largest absolute Gasteiger partial charge is 0.478 e. The average Bonchev–Trinajstić information content (AvgIpc) is 2.35. The summed E-state index contributed by atoms with van der Waals surface area (Å²) in [6.07, 6.45) is 1.20. The van der Waals surface area contributed by atoms with Gasteiger partial charge in [-0.2, -0.15) is 0 Å². The molecule has 0 aliphatic carbocycles. The minimum atomic E-state index is -1.18. The molecule has 0 amide bonds. The van der Waals surface area contributed by atoms with Crippen molar-refractivity contribution in [1.29, 1.82) is 0 Å². The van der Waals surface area contributed by atoms with Crippen LogP contribution in [0.2, 0.25) is 5.02 Å². The van der Waals surface area contributed by atoms with Gasteiger partial charge in [-0.15, -0.1) is 0 Å². The SMILES string of the molecule is O=C(O)c1cc(Nc2c(F)cccc2Br)ncc1Cl. The molecule has 19 heavy (non-hydrogen) atoms. The van der Waals surface area contributed by atoms with Crippen molar-refractivity contribution in [3.8, 4) is 0 Å². The number of pyridine rings is 1. The molecule has 98 valence electrons. The normalized spacial score (nSPS) is 10.3. The van der Waals surface area contributed by atoms with E-state index < -0.39 is 11.8 Å². The van der Waals surface area contributed by atoms with E-state index in [4.69, 9.17) is 16.7 Å². The number of halogens is 3. The molecule has 0 saturated carbocycles. The number of hydrogen-bond donors (Lipinski definition) is 2. The van der Waals surface area contributed by atoms with Gasteiger partial charge in [0.1, 0.15) is 11.6 Å². The number of nitrogens with zero attached hydrogens (tertiary/aromatic N) is 1. The third kappa shape index (κ3) is 3.02. The first-order chi connectivity index (χ1) is 8.99. The quantitative estimate of drug-likeness (QED) is 0.880. The molecule has 0 aliphatic heterocycles. The summed E-state index contributed by atoms with van der Waals surface area (Å²) in [6, 6.07) is 5.71. The number of carboxylic acid groups (broad SMARTS) is 1. The third-order valence-electron chi connectivity index (χ3n) is 2.30. The number of aromatic carboxylic acids is 1. The van der Waals surface area contributed by atoms with Crippen LogP contribution in [0.1, 0.15) is 10.4 Å². The fourth-order valence-corrected chi connectivity index (χ4v) is 2.04. The number of aromatic nitrogens is 1. The van der Waals surface area contributed by atoms with Crippen LogP contribution in [0.25, 0.3) is 0 Å². The third-order valence-corrected chi connectivity index (χ3v) is 3.26. The molecular formula is C12H7BrClFN2O2. The van der Waals surface area contributed by atoms with Crippen LogP contribution in [0.4, 0.5) is 15.9 Å². The summed E-state index contributed by atoms with van der Waals surface area (Å²) in [5.74, 6) is -1.47. The van der Waals surface area contributed by atoms with Crippen molar-refractivity contribution in [2.24, 2.45) is 0 Å². The van der Waals surface area contributed by atoms with Gasteiger partial charge in [0.25, 0.3) is 0 Å². The topological polar surface area (TPSA) is 62.2 Å². The van der Waals surface area contributed by atoms with E-state index in [1.165, 1.54) is 18.3 Å². The number of carbonyl (C=O) groups is 1. The molecule has 2 N–H and O–H groups in total. The Morgan fingerprint density at radius 3 is 2.84 bits per heavy atom. The Kier molecular flexibility index (Phi) is 4.01. The highest BCUT2D eigenvalue weighted by Gasteiger charge is 2.12. The Bertz CT molecular complexity index is 631. The number of rotatable bonds is 3. The Morgan fingerprint density at radius 1 is 1.47 bits per heavy atom. The predicted molar refractivity (Wildman–Crippen MR) is 73.6 cm³/mol. The molecule has 1 aromatic carbocycles. The highest BCUT2D eigenvalue weighted by Crippen LogP contribution is 2.28. The second kappa shape index (κ2) is 5.54. The van der Waals surface area contributed by atoms with E-state index in [2.05, 4.69) is 26.2 Å². The molecule has 0 unspecified atom stereocenters. The van der Waals surface area contributed by atoms with Gasteiger partial charge in [0, 0.05) is 10.7 Å². The first kappa shape index (κ1) is 13.8. The van der Waals surface area contributed by atoms with Crippen LogP contribution in [0.3, 0.4) is 0 Å². The summed E-state index contributed by atoms with van der Waals surface area (Å²) < 4.78 is 14.1. The maximum absolute atomic E-state index is 13.6. The Morgan fingerprint density at radius 2 is 2.21 bits per heavy atom. The number of nitrogens with one attached hydrogen (secondary N) is 1. The van der Waals surface area contributed by atoms with Gasteiger partial charge >= 0.3 is 5.97 Å². The van der Waals surface area contributed by atoms with E-state index in [0.717, 1.165) is 0 Å². The molecule has 0 aliphatic rings. The first-order valence-corrected chi connectivity index (χ1v) is 6.26. The second-order valence-electron chi connectivity index (χ2n) is 3.58. The van der Waals surface area contributed by atoms with Gasteiger partial charge in [-0.3, -0.25) is 0 Å². The Balaban J connectivity index is 2.39. The average molecular weight is 346 g/mol. The molecule has 2 rings (SSSR count). The molecule has 1 aromatic heterocycles. The van der Waals surface area contributed by atoms with Crippen molar-refractivity contribution in [2.45, 2.75) is 0 Å². The van der Waals surface area contributed by atoms with E-state index in [1.807, 2.05) is 0 Å². The molecule has 0 saturated heterocycles. The van der Waals surface area contributed by atoms with E-state index in [1.54, 1.807) is 12.1 Å². The van der Waals surface area contributed by atoms with Crippen molar-refractivity contribution in [3.05, 3.63) is 51.3 Å². The second-order valence-corrected chi connectivity index (χ2v) is 4.84. The maximum Gasteiger partial charge on any atom is 0.337 e. The van der Waals surface area contributed by atoms with Crippen LogP contribution in [-0.4, -0.2) is 16.1 Å². The molecular weight excluding hydrogens is 338 g/mol. The zero-order valence-corrected chi connectivity index (χ0v) is 11.7. The summed E-state index contributed by atoms with van der Waals surface area (Å²) in [5.41, 5.74) is 0.0697. The van der Waals surface area contributed by atoms with Gasteiger partial charge in [0.05, 0.1) is 16.3 Å². The number of benzene rings is 1. The lowest BCUT2D eigenvalue weighted by molar-refractivity contribution is 0.0697. The van der Waals surface area contributed by atoms with Crippen LogP contribution in [0.5, 0.6) is 0 Å². The van der Waals surface area contributed by atoms with Gasteiger partial charge in [0.2, 0.25) is 0 Å². The standard InChI is InChI=1S/C12H7BrClFN2O2/c13-7-2-1-3-9(15)11(7)17-10-4-6(12(18)19)8(14)5-16-10/h1-5H,(H,16,17)(H,18,19). The first-order valence-electron chi connectivity index (χ1n) is 5.09. The van der Waals surface area contributed by atoms with Gasteiger partial charge in [-0.05, 0) is 34.1 Å². The maximum atomic E-state index is 13.6. The van der Waals surface area contributed by atoms with Gasteiger partial charge < -0.3 is 10.4 Å². The molecule has 0 atom stereocenters. The van der Waals surface area contributed by atoms with Crippen molar-refractivity contribution in [2.75, 3.05) is 5.32 Å². The fourth-order valence-electron chi connectivity index (χ4n) is 1.42. The molecule has 1 heterocycles. The van der Waals surface area contributed by atoms with E-state index >= 15 is 0 Å². The predicted octanol–water partition coefficient (Wildman–Crippen LogP) is 4.08. The monoisotopic (exact) mass is 344 g/mol. The summed E-state index contributed by atoms with van der Waals surface area (Å²) >= 11 is 8.90. The lowest BCUT2D eigenvalue weighted by atomic mass is 10.2. The zero-order chi connectivity index (χ0) is 14.0. The molecule has 0 fully saturated rings. The minimum Gasteiger partial charge on any atom is -0.478 e. The van der Waals surface area contributed by atoms with Crippen LogP contribution >= 0.6 is 27.5 Å². The highest BCUT2D eigenvalue weighted by atomic mass is 79.9. The molecule has 4 nitrogen and oxygen atoms in total. The Hall–Kier alpha value is -1.66. The Labute approximate surface area is 121 Å². The molecule has 0 bridgehead atoms. The van der Waals surface area contributed by atoms with Gasteiger partial charge in [-0.1, -0.05) is 17.7 Å². The van der Waals surface area contributed by atoms with Gasteiger partial charge in [0.15, 0.2) is 0 Å². The number of carboxylic acids is 1. The zero-order valence-electron chi connectivity index (χ0n) is 9.32. The summed E-state index contributed by atoms with van der Waals surface area (Å²) in [7, 11) is 0. The lowest BCUT2D eigenvalue weighted by Gasteiger charge is -2.09. The van der Waals surface area contributed by atoms with Crippen molar-refractivity contribution in [3.63, 3.8) is 0 Å². The number of para-hydroxylation sites is 1. The smallest absolute Gasteiger partial charge is 0.337 e. The summed E-state index contributed by atoms with van der Waals surface area (Å²) in [6.45, 7) is 0. The molecule has 2 aromatic rings. The van der Waals surface area contributed by atoms with Crippen molar-refractivity contribution >= 4 is 45.0 Å². The number of hydrogen-bond acceptors (Lipinski definition) is 3. The van der Waals surface area contributed by atoms with Crippen molar-refractivity contribution in [1.82, 2.24) is 4.98 Å². The highest BCUT2D eigenvalue weighted by molar-refractivity contribution is 9.10. The van der Waals surface area contributed by atoms with Crippen LogP contribution in [0, 0.1) is 5.82 Å². The molecule has 0 spiro atoms. The summed E-state index contributed by atoms with van der Waals surface area (Å²) in [5, 5.41) is 11.7. The van der Waals surface area contributed by atoms with Crippen LogP contribution in [-0.2, 0) is 0 Å². The lowest BCUT2D eigenvalue weighted by Crippen LogP contribution is -2.02. The minimum absolute atomic E-state index is 0.0191. The van der Waals surface area contributed by atoms with Crippen molar-refractivity contribution < 1.29 is 14.3 Å². The van der Waals surface area contributed by atoms with Crippen LogP contribution < -0.4 is 5.32 Å². The van der Waals surface area contributed by atoms with E-state index in [0.29, 0.717) is 4.47 Å².